The minimum Gasteiger partial charge on any atom is -0.478 e. The highest BCUT2D eigenvalue weighted by Crippen LogP contribution is 2.18. The van der Waals surface area contributed by atoms with E-state index < -0.39 is 6.10 Å². The third-order valence-corrected chi connectivity index (χ3v) is 4.27. The molecule has 0 amide bonds. The van der Waals surface area contributed by atoms with Crippen LogP contribution in [0.4, 0.5) is 0 Å². The molecule has 0 saturated heterocycles. The summed E-state index contributed by atoms with van der Waals surface area (Å²) in [6, 6.07) is 28.1. The maximum absolute atomic E-state index is 12.3. The van der Waals surface area contributed by atoms with Crippen LogP contribution in [0.1, 0.15) is 23.6 Å². The van der Waals surface area contributed by atoms with Crippen LogP contribution < -0.4 is 4.74 Å². The largest absolute Gasteiger partial charge is 0.478 e. The lowest BCUT2D eigenvalue weighted by atomic mass is 10.0. The van der Waals surface area contributed by atoms with Crippen LogP contribution in [0.3, 0.4) is 0 Å². The Bertz CT molecular complexity index is 827. The van der Waals surface area contributed by atoms with E-state index in [0.29, 0.717) is 18.8 Å². The molecule has 0 aliphatic carbocycles. The summed E-state index contributed by atoms with van der Waals surface area (Å²) in [5.74, 6) is 0.329. The van der Waals surface area contributed by atoms with Crippen LogP contribution in [-0.2, 0) is 22.4 Å². The second-order valence-electron chi connectivity index (χ2n) is 6.35. The van der Waals surface area contributed by atoms with E-state index in [-0.39, 0.29) is 5.97 Å². The first-order valence-electron chi connectivity index (χ1n) is 9.24. The van der Waals surface area contributed by atoms with Crippen molar-refractivity contribution in [3.63, 3.8) is 0 Å². The molecule has 3 heteroatoms. The van der Waals surface area contributed by atoms with Gasteiger partial charge in [0, 0.05) is 6.42 Å². The number of hydrogen-bond donors (Lipinski definition) is 0. The summed E-state index contributed by atoms with van der Waals surface area (Å²) in [5, 5.41) is 0. The second kappa shape index (κ2) is 9.58. The Morgan fingerprint density at radius 1 is 0.778 bits per heavy atom. The van der Waals surface area contributed by atoms with Gasteiger partial charge in [0.15, 0.2) is 6.10 Å². The highest BCUT2D eigenvalue weighted by atomic mass is 16.6. The third-order valence-electron chi connectivity index (χ3n) is 4.27. The van der Waals surface area contributed by atoms with Crippen LogP contribution in [0.5, 0.6) is 5.75 Å². The molecular weight excluding hydrogens is 336 g/mol. The minimum atomic E-state index is -0.660. The molecule has 0 unspecified atom stereocenters. The monoisotopic (exact) mass is 360 g/mol. The summed E-state index contributed by atoms with van der Waals surface area (Å²) < 4.78 is 11.2. The molecular formula is C24H24O3. The number of ether oxygens (including phenoxy) is 2. The number of rotatable bonds is 8. The first-order valence-corrected chi connectivity index (χ1v) is 9.24. The summed E-state index contributed by atoms with van der Waals surface area (Å²) >= 11 is 0. The van der Waals surface area contributed by atoms with E-state index in [4.69, 9.17) is 9.47 Å². The SMILES string of the molecule is CCOC(=O)[C@@H](Cc1ccccc1)Oc1ccc(Cc2ccccc2)cc1. The smallest absolute Gasteiger partial charge is 0.347 e. The van der Waals surface area contributed by atoms with Gasteiger partial charge >= 0.3 is 5.97 Å². The zero-order valence-corrected chi connectivity index (χ0v) is 15.5. The molecule has 0 spiro atoms. The molecule has 0 N–H and O–H groups in total. The van der Waals surface area contributed by atoms with Crippen LogP contribution >= 0.6 is 0 Å². The molecule has 0 saturated carbocycles. The van der Waals surface area contributed by atoms with Gasteiger partial charge in [0.25, 0.3) is 0 Å². The summed E-state index contributed by atoms with van der Waals surface area (Å²) in [4.78, 5) is 12.3. The molecule has 0 heterocycles. The zero-order valence-electron chi connectivity index (χ0n) is 15.5. The van der Waals surface area contributed by atoms with Gasteiger partial charge in [-0.05, 0) is 42.2 Å². The first kappa shape index (κ1) is 18.7. The lowest BCUT2D eigenvalue weighted by Crippen LogP contribution is -2.31. The highest BCUT2D eigenvalue weighted by molar-refractivity contribution is 5.75. The minimum absolute atomic E-state index is 0.337. The van der Waals surface area contributed by atoms with Crippen LogP contribution in [0.2, 0.25) is 0 Å². The Labute approximate surface area is 160 Å². The Kier molecular flexibility index (Phi) is 6.64. The Balaban J connectivity index is 1.68. The van der Waals surface area contributed by atoms with E-state index in [9.17, 15) is 4.79 Å². The summed E-state index contributed by atoms with van der Waals surface area (Å²) in [5.41, 5.74) is 3.50. The average Bonchev–Trinajstić information content (AvgIpc) is 2.71. The average molecular weight is 360 g/mol. The van der Waals surface area contributed by atoms with Crippen LogP contribution in [0, 0.1) is 0 Å². The lowest BCUT2D eigenvalue weighted by Gasteiger charge is -2.18. The number of carbonyl (C=O) groups excluding carboxylic acids is 1. The van der Waals surface area contributed by atoms with Crippen LogP contribution in [0.25, 0.3) is 0 Å². The van der Waals surface area contributed by atoms with Gasteiger partial charge < -0.3 is 9.47 Å². The van der Waals surface area contributed by atoms with Crippen LogP contribution in [0.15, 0.2) is 84.9 Å². The van der Waals surface area contributed by atoms with Crippen molar-refractivity contribution in [2.75, 3.05) is 6.61 Å². The van der Waals surface area contributed by atoms with Gasteiger partial charge in [-0.3, -0.25) is 0 Å². The van der Waals surface area contributed by atoms with Crippen molar-refractivity contribution < 1.29 is 14.3 Å². The molecule has 3 aromatic rings. The molecule has 0 aliphatic heterocycles. The van der Waals surface area contributed by atoms with Crippen molar-refractivity contribution in [2.45, 2.75) is 25.9 Å². The molecule has 0 aromatic heterocycles. The number of benzene rings is 3. The fraction of sp³-hybridized carbons (Fsp3) is 0.208. The summed E-state index contributed by atoms with van der Waals surface area (Å²) in [6.07, 6.45) is 0.685. The van der Waals surface area contributed by atoms with Gasteiger partial charge in [-0.1, -0.05) is 72.8 Å². The molecule has 138 valence electrons. The third kappa shape index (κ3) is 5.71. The summed E-state index contributed by atoms with van der Waals surface area (Å²) in [6.45, 7) is 2.14. The van der Waals surface area contributed by atoms with Crippen molar-refractivity contribution in [3.8, 4) is 5.75 Å². The van der Waals surface area contributed by atoms with Gasteiger partial charge in [0.2, 0.25) is 0 Å². The molecule has 27 heavy (non-hydrogen) atoms. The second-order valence-corrected chi connectivity index (χ2v) is 6.35. The first-order chi connectivity index (χ1) is 13.2. The Morgan fingerprint density at radius 3 is 1.93 bits per heavy atom. The zero-order chi connectivity index (χ0) is 18.9. The van der Waals surface area contributed by atoms with Crippen LogP contribution in [-0.4, -0.2) is 18.7 Å². The predicted octanol–water partition coefficient (Wildman–Crippen LogP) is 4.83. The van der Waals surface area contributed by atoms with Crippen molar-refractivity contribution in [1.29, 1.82) is 0 Å². The molecule has 3 aromatic carbocycles. The van der Waals surface area contributed by atoms with Gasteiger partial charge in [-0.25, -0.2) is 4.79 Å². The van der Waals surface area contributed by atoms with E-state index in [1.165, 1.54) is 11.1 Å². The molecule has 0 radical (unpaired) electrons. The quantitative estimate of drug-likeness (QED) is 0.540. The molecule has 0 bridgehead atoms. The topological polar surface area (TPSA) is 35.5 Å². The van der Waals surface area contributed by atoms with Gasteiger partial charge in [-0.2, -0.15) is 0 Å². The van der Waals surface area contributed by atoms with Crippen molar-refractivity contribution in [2.24, 2.45) is 0 Å². The number of carbonyl (C=O) groups is 1. The lowest BCUT2D eigenvalue weighted by molar-refractivity contribution is -0.151. The van der Waals surface area contributed by atoms with Crippen molar-refractivity contribution in [3.05, 3.63) is 102 Å². The summed E-state index contributed by atoms with van der Waals surface area (Å²) in [7, 11) is 0. The predicted molar refractivity (Wildman–Crippen MR) is 107 cm³/mol. The standard InChI is InChI=1S/C24H24O3/c1-2-26-24(25)23(18-20-11-7-4-8-12-20)27-22-15-13-21(14-16-22)17-19-9-5-3-6-10-19/h3-16,23H,2,17-18H2,1H3/t23-/m1/s1. The van der Waals surface area contributed by atoms with Gasteiger partial charge in [-0.15, -0.1) is 0 Å². The normalized spacial score (nSPS) is 11.6. The number of esters is 1. The van der Waals surface area contributed by atoms with E-state index in [0.717, 1.165) is 12.0 Å². The molecule has 0 fully saturated rings. The van der Waals surface area contributed by atoms with E-state index >= 15 is 0 Å². The van der Waals surface area contributed by atoms with E-state index in [1.807, 2.05) is 72.8 Å². The van der Waals surface area contributed by atoms with E-state index in [1.54, 1.807) is 6.92 Å². The van der Waals surface area contributed by atoms with Gasteiger partial charge in [0.1, 0.15) is 5.75 Å². The number of hydrogen-bond acceptors (Lipinski definition) is 3. The maximum atomic E-state index is 12.3. The highest BCUT2D eigenvalue weighted by Gasteiger charge is 2.22. The van der Waals surface area contributed by atoms with Gasteiger partial charge in [0.05, 0.1) is 6.61 Å². The Hall–Kier alpha value is -3.07. The fourth-order valence-corrected chi connectivity index (χ4v) is 2.92. The molecule has 3 nitrogen and oxygen atoms in total. The molecule has 0 aliphatic rings. The molecule has 3 rings (SSSR count). The van der Waals surface area contributed by atoms with Crippen molar-refractivity contribution >= 4 is 5.97 Å². The van der Waals surface area contributed by atoms with Crippen molar-refractivity contribution in [1.82, 2.24) is 0 Å². The molecule has 1 atom stereocenters. The fourth-order valence-electron chi connectivity index (χ4n) is 2.92. The Morgan fingerprint density at radius 2 is 1.33 bits per heavy atom. The van der Waals surface area contributed by atoms with E-state index in [2.05, 4.69) is 12.1 Å². The maximum Gasteiger partial charge on any atom is 0.347 e.